The first-order valence-corrected chi connectivity index (χ1v) is 12.6. The number of aromatic nitrogens is 3. The summed E-state index contributed by atoms with van der Waals surface area (Å²) in [5, 5.41) is 8.34. The van der Waals surface area contributed by atoms with Crippen LogP contribution in [0.4, 0.5) is 5.13 Å². The highest BCUT2D eigenvalue weighted by molar-refractivity contribution is 7.88. The van der Waals surface area contributed by atoms with Crippen LogP contribution >= 0.6 is 11.3 Å². The molecule has 0 spiro atoms. The van der Waals surface area contributed by atoms with Gasteiger partial charge in [-0.2, -0.15) is 4.52 Å². The van der Waals surface area contributed by atoms with E-state index in [1.807, 2.05) is 30.3 Å². The molecule has 0 amide bonds. The van der Waals surface area contributed by atoms with Crippen LogP contribution in [0.25, 0.3) is 4.96 Å². The Kier molecular flexibility index (Phi) is 6.16. The van der Waals surface area contributed by atoms with Gasteiger partial charge >= 0.3 is 0 Å². The van der Waals surface area contributed by atoms with Crippen molar-refractivity contribution in [3.63, 3.8) is 0 Å². The second-order valence-corrected chi connectivity index (χ2v) is 10.4. The maximum absolute atomic E-state index is 12.7. The predicted octanol–water partition coefficient (Wildman–Crippen LogP) is 2.51. The topological polar surface area (TPSA) is 96.7 Å². The molecule has 10 heteroatoms. The van der Waals surface area contributed by atoms with Crippen molar-refractivity contribution in [1.82, 2.24) is 18.9 Å². The third kappa shape index (κ3) is 4.71. The molecule has 1 fully saturated rings. The Balaban J connectivity index is 1.39. The third-order valence-electron chi connectivity index (χ3n) is 5.17. The molecule has 0 aliphatic carbocycles. The number of anilines is 1. The van der Waals surface area contributed by atoms with Crippen LogP contribution in [0.2, 0.25) is 0 Å². The summed E-state index contributed by atoms with van der Waals surface area (Å²) in [4.78, 5) is 17.3. The Morgan fingerprint density at radius 1 is 1.20 bits per heavy atom. The van der Waals surface area contributed by atoms with Gasteiger partial charge in [0.15, 0.2) is 0 Å². The third-order valence-corrected chi connectivity index (χ3v) is 7.86. The van der Waals surface area contributed by atoms with Crippen molar-refractivity contribution in [2.24, 2.45) is 0 Å². The van der Waals surface area contributed by atoms with Crippen molar-refractivity contribution >= 4 is 31.5 Å². The largest absolute Gasteiger partial charge is 0.357 e. The Bertz CT molecular complexity index is 1170. The van der Waals surface area contributed by atoms with Gasteiger partial charge in [-0.1, -0.05) is 55.0 Å². The van der Waals surface area contributed by atoms with Crippen LogP contribution in [0.1, 0.15) is 37.4 Å². The lowest BCUT2D eigenvalue weighted by Gasteiger charge is -2.31. The van der Waals surface area contributed by atoms with Crippen molar-refractivity contribution in [3.8, 4) is 0 Å². The van der Waals surface area contributed by atoms with E-state index >= 15 is 0 Å². The van der Waals surface area contributed by atoms with E-state index < -0.39 is 10.0 Å². The van der Waals surface area contributed by atoms with E-state index in [1.165, 1.54) is 21.9 Å². The van der Waals surface area contributed by atoms with Gasteiger partial charge in [-0.05, 0) is 24.8 Å². The molecule has 1 saturated heterocycles. The molecule has 0 saturated carbocycles. The van der Waals surface area contributed by atoms with Gasteiger partial charge < -0.3 is 5.32 Å². The van der Waals surface area contributed by atoms with Crippen molar-refractivity contribution in [2.45, 2.75) is 44.4 Å². The molecule has 160 valence electrons. The first-order chi connectivity index (χ1) is 14.4. The summed E-state index contributed by atoms with van der Waals surface area (Å²) in [6.07, 6.45) is 3.07. The maximum atomic E-state index is 12.7. The van der Waals surface area contributed by atoms with Gasteiger partial charge in [0.25, 0.3) is 5.56 Å². The molecule has 4 rings (SSSR count). The lowest BCUT2D eigenvalue weighted by atomic mass is 10.1. The molecule has 0 bridgehead atoms. The molecule has 3 heterocycles. The smallest absolute Gasteiger partial charge is 0.275 e. The number of nitrogens with one attached hydrogen (secondary N) is 1. The van der Waals surface area contributed by atoms with Crippen molar-refractivity contribution in [2.75, 3.05) is 18.4 Å². The molecule has 0 unspecified atom stereocenters. The summed E-state index contributed by atoms with van der Waals surface area (Å²) in [6.45, 7) is 2.99. The Morgan fingerprint density at radius 2 is 1.93 bits per heavy atom. The molecule has 8 nitrogen and oxygen atoms in total. The van der Waals surface area contributed by atoms with E-state index in [1.54, 1.807) is 4.31 Å². The molecule has 0 radical (unpaired) electrons. The number of benzene rings is 1. The maximum Gasteiger partial charge on any atom is 0.275 e. The van der Waals surface area contributed by atoms with E-state index in [-0.39, 0.29) is 17.4 Å². The first kappa shape index (κ1) is 21.0. The summed E-state index contributed by atoms with van der Waals surface area (Å²) < 4.78 is 28.3. The van der Waals surface area contributed by atoms with Crippen LogP contribution in [0.5, 0.6) is 0 Å². The van der Waals surface area contributed by atoms with Gasteiger partial charge in [0.1, 0.15) is 0 Å². The zero-order valence-corrected chi connectivity index (χ0v) is 18.5. The fourth-order valence-electron chi connectivity index (χ4n) is 3.63. The fourth-order valence-corrected chi connectivity index (χ4v) is 6.09. The molecule has 1 aliphatic rings. The standard InChI is InChI=1S/C20H25N5O3S2/c1-2-6-17-13-18(26)25-20(22-17)29-19(23-25)21-16-9-11-24(12-10-16)30(27,28)14-15-7-4-3-5-8-15/h3-5,7-8,13,16H,2,6,9-12,14H2,1H3,(H,21,23). The van der Waals surface area contributed by atoms with E-state index in [2.05, 4.69) is 22.3 Å². The SMILES string of the molecule is CCCc1cc(=O)n2nc(NC3CCN(S(=O)(=O)Cc4ccccc4)CC3)sc2n1. The van der Waals surface area contributed by atoms with Crippen LogP contribution in [0.15, 0.2) is 41.2 Å². The second-order valence-electron chi connectivity index (χ2n) is 7.50. The van der Waals surface area contributed by atoms with E-state index in [4.69, 9.17) is 0 Å². The summed E-state index contributed by atoms with van der Waals surface area (Å²) >= 11 is 1.35. The summed E-state index contributed by atoms with van der Waals surface area (Å²) in [6, 6.07) is 10.9. The number of hydrogen-bond donors (Lipinski definition) is 1. The monoisotopic (exact) mass is 447 g/mol. The first-order valence-electron chi connectivity index (χ1n) is 10.1. The Labute approximate surface area is 179 Å². The normalized spacial score (nSPS) is 16.2. The zero-order valence-electron chi connectivity index (χ0n) is 16.8. The quantitative estimate of drug-likeness (QED) is 0.598. The second kappa shape index (κ2) is 8.83. The lowest BCUT2D eigenvalue weighted by molar-refractivity contribution is 0.329. The Hall–Kier alpha value is -2.30. The number of piperidine rings is 1. The van der Waals surface area contributed by atoms with Gasteiger partial charge in [-0.25, -0.2) is 17.7 Å². The number of aryl methyl sites for hydroxylation is 1. The molecule has 0 atom stereocenters. The molecular weight excluding hydrogens is 422 g/mol. The van der Waals surface area contributed by atoms with E-state index in [0.29, 0.717) is 36.0 Å². The summed E-state index contributed by atoms with van der Waals surface area (Å²) in [5.74, 6) is 0.0263. The fraction of sp³-hybridized carbons (Fsp3) is 0.450. The van der Waals surface area contributed by atoms with Crippen LogP contribution in [0, 0.1) is 0 Å². The molecule has 1 aliphatic heterocycles. The summed E-state index contributed by atoms with van der Waals surface area (Å²) in [7, 11) is -3.33. The molecular formula is C20H25N5O3S2. The minimum Gasteiger partial charge on any atom is -0.357 e. The average Bonchev–Trinajstić information content (AvgIpc) is 3.12. The Morgan fingerprint density at radius 3 is 2.63 bits per heavy atom. The zero-order chi connectivity index (χ0) is 21.1. The summed E-state index contributed by atoms with van der Waals surface area (Å²) in [5.41, 5.74) is 1.41. The van der Waals surface area contributed by atoms with E-state index in [0.717, 1.165) is 24.1 Å². The highest BCUT2D eigenvalue weighted by atomic mass is 32.2. The average molecular weight is 448 g/mol. The van der Waals surface area contributed by atoms with Crippen LogP contribution < -0.4 is 10.9 Å². The number of rotatable bonds is 7. The van der Waals surface area contributed by atoms with E-state index in [9.17, 15) is 13.2 Å². The minimum absolute atomic E-state index is 0.0263. The lowest BCUT2D eigenvalue weighted by Crippen LogP contribution is -2.42. The van der Waals surface area contributed by atoms with Gasteiger partial charge in [-0.3, -0.25) is 4.79 Å². The minimum atomic E-state index is -3.33. The number of fused-ring (bicyclic) bond motifs is 1. The van der Waals surface area contributed by atoms with Crippen LogP contribution in [-0.2, 0) is 22.2 Å². The van der Waals surface area contributed by atoms with Crippen LogP contribution in [0.3, 0.4) is 0 Å². The van der Waals surface area contributed by atoms with Crippen molar-refractivity contribution in [1.29, 1.82) is 0 Å². The highest BCUT2D eigenvalue weighted by Gasteiger charge is 2.28. The molecule has 1 N–H and O–H groups in total. The molecule has 2 aromatic heterocycles. The highest BCUT2D eigenvalue weighted by Crippen LogP contribution is 2.23. The van der Waals surface area contributed by atoms with Gasteiger partial charge in [0.2, 0.25) is 20.1 Å². The number of hydrogen-bond acceptors (Lipinski definition) is 7. The predicted molar refractivity (Wildman–Crippen MR) is 118 cm³/mol. The van der Waals surface area contributed by atoms with Crippen molar-refractivity contribution in [3.05, 3.63) is 58.0 Å². The van der Waals surface area contributed by atoms with Gasteiger partial charge in [0.05, 0.1) is 5.75 Å². The molecule has 1 aromatic carbocycles. The van der Waals surface area contributed by atoms with Crippen LogP contribution in [-0.4, -0.2) is 46.5 Å². The van der Waals surface area contributed by atoms with Gasteiger partial charge in [0, 0.05) is 30.9 Å². The number of nitrogens with zero attached hydrogens (tertiary/aromatic N) is 4. The molecule has 3 aromatic rings. The van der Waals surface area contributed by atoms with Gasteiger partial charge in [-0.15, -0.1) is 5.10 Å². The van der Waals surface area contributed by atoms with Crippen molar-refractivity contribution < 1.29 is 8.42 Å². The number of sulfonamides is 1. The molecule has 30 heavy (non-hydrogen) atoms.